The van der Waals surface area contributed by atoms with Gasteiger partial charge < -0.3 is 14.8 Å². The highest BCUT2D eigenvalue weighted by Crippen LogP contribution is 2.15. The minimum atomic E-state index is -0.884. The summed E-state index contributed by atoms with van der Waals surface area (Å²) in [4.78, 5) is 36.4. The van der Waals surface area contributed by atoms with E-state index in [0.29, 0.717) is 10.9 Å². The van der Waals surface area contributed by atoms with E-state index in [1.165, 1.54) is 7.11 Å². The van der Waals surface area contributed by atoms with Crippen molar-refractivity contribution in [3.8, 4) is 0 Å². The summed E-state index contributed by atoms with van der Waals surface area (Å²) in [6.07, 6.45) is 0.261. The second-order valence-electron chi connectivity index (χ2n) is 6.03. The molecule has 0 saturated heterocycles. The van der Waals surface area contributed by atoms with Crippen molar-refractivity contribution in [1.29, 1.82) is 0 Å². The van der Waals surface area contributed by atoms with E-state index in [4.69, 9.17) is 9.47 Å². The van der Waals surface area contributed by atoms with Crippen LogP contribution in [0.25, 0.3) is 10.9 Å². The molecular weight excluding hydrogens is 362 g/mol. The van der Waals surface area contributed by atoms with E-state index in [9.17, 15) is 14.4 Å². The molecule has 0 aliphatic heterocycles. The van der Waals surface area contributed by atoms with Crippen LogP contribution in [0.3, 0.4) is 0 Å². The fourth-order valence-corrected chi connectivity index (χ4v) is 2.74. The number of aromatic amines is 1. The van der Waals surface area contributed by atoms with Gasteiger partial charge in [0.2, 0.25) is 0 Å². The fraction of sp³-hybridized carbons (Fsp3) is 0.200. The van der Waals surface area contributed by atoms with Gasteiger partial charge in [0, 0.05) is 11.8 Å². The van der Waals surface area contributed by atoms with Crippen molar-refractivity contribution < 1.29 is 23.9 Å². The van der Waals surface area contributed by atoms with E-state index in [1.807, 2.05) is 36.4 Å². The molecular formula is C20H19N3O5. The highest BCUT2D eigenvalue weighted by Gasteiger charge is 2.23. The molecule has 1 amide bonds. The second kappa shape index (κ2) is 8.81. The van der Waals surface area contributed by atoms with Crippen LogP contribution in [0.5, 0.6) is 0 Å². The highest BCUT2D eigenvalue weighted by atomic mass is 16.5. The summed E-state index contributed by atoms with van der Waals surface area (Å²) in [6.45, 7) is -0.539. The van der Waals surface area contributed by atoms with E-state index < -0.39 is 30.5 Å². The number of fused-ring (bicyclic) bond motifs is 1. The molecule has 0 bridgehead atoms. The summed E-state index contributed by atoms with van der Waals surface area (Å²) in [5.74, 6) is -1.92. The number of aromatic nitrogens is 2. The van der Waals surface area contributed by atoms with E-state index >= 15 is 0 Å². The normalized spacial score (nSPS) is 11.6. The molecule has 0 fully saturated rings. The van der Waals surface area contributed by atoms with Crippen LogP contribution in [-0.4, -0.2) is 47.8 Å². The third kappa shape index (κ3) is 4.53. The standard InChI is InChI=1S/C20H19N3O5/c1-27-19(25)16(11-13-7-3-2-4-8-13)21-17(24)12-28-20(26)18-14-9-5-6-10-15(14)22-23-18/h2-10,16H,11-12H2,1H3,(H,21,24)(H,22,23)/t16-/m0/s1. The number of nitrogens with one attached hydrogen (secondary N) is 2. The predicted octanol–water partition coefficient (Wildman–Crippen LogP) is 1.62. The number of hydrogen-bond donors (Lipinski definition) is 2. The van der Waals surface area contributed by atoms with Crippen LogP contribution < -0.4 is 5.32 Å². The number of amides is 1. The summed E-state index contributed by atoms with van der Waals surface area (Å²) in [6, 6.07) is 15.4. The highest BCUT2D eigenvalue weighted by molar-refractivity contribution is 6.02. The van der Waals surface area contributed by atoms with Crippen LogP contribution in [0.4, 0.5) is 0 Å². The second-order valence-corrected chi connectivity index (χ2v) is 6.03. The number of methoxy groups -OCH3 is 1. The first-order valence-electron chi connectivity index (χ1n) is 8.60. The SMILES string of the molecule is COC(=O)[C@H](Cc1ccccc1)NC(=O)COC(=O)c1n[nH]c2ccccc12. The van der Waals surface area contributed by atoms with Crippen molar-refractivity contribution in [3.63, 3.8) is 0 Å². The Labute approximate surface area is 160 Å². The first-order valence-corrected chi connectivity index (χ1v) is 8.60. The minimum Gasteiger partial charge on any atom is -0.467 e. The van der Waals surface area contributed by atoms with Crippen LogP contribution >= 0.6 is 0 Å². The Morgan fingerprint density at radius 3 is 2.54 bits per heavy atom. The number of esters is 2. The lowest BCUT2D eigenvalue weighted by Gasteiger charge is -2.16. The van der Waals surface area contributed by atoms with Gasteiger partial charge in [0.1, 0.15) is 6.04 Å². The monoisotopic (exact) mass is 381 g/mol. The Morgan fingerprint density at radius 1 is 1.07 bits per heavy atom. The minimum absolute atomic E-state index is 0.0946. The Morgan fingerprint density at radius 2 is 1.79 bits per heavy atom. The molecule has 0 aliphatic carbocycles. The molecule has 0 spiro atoms. The van der Waals surface area contributed by atoms with Crippen molar-refractivity contribution in [2.45, 2.75) is 12.5 Å². The molecule has 144 valence electrons. The molecule has 0 radical (unpaired) electrons. The van der Waals surface area contributed by atoms with Gasteiger partial charge in [0.05, 0.1) is 12.6 Å². The molecule has 0 unspecified atom stereocenters. The maximum absolute atomic E-state index is 12.2. The Hall–Kier alpha value is -3.68. The molecule has 1 atom stereocenters. The molecule has 8 heteroatoms. The first kappa shape index (κ1) is 19.1. The summed E-state index contributed by atoms with van der Waals surface area (Å²) < 4.78 is 9.78. The molecule has 3 rings (SSSR count). The van der Waals surface area contributed by atoms with Gasteiger partial charge in [-0.1, -0.05) is 48.5 Å². The first-order chi connectivity index (χ1) is 13.6. The largest absolute Gasteiger partial charge is 0.467 e. The molecule has 28 heavy (non-hydrogen) atoms. The summed E-state index contributed by atoms with van der Waals surface area (Å²) in [5, 5.41) is 9.79. The lowest BCUT2D eigenvalue weighted by molar-refractivity contribution is -0.145. The molecule has 2 N–H and O–H groups in total. The third-order valence-corrected chi connectivity index (χ3v) is 4.10. The van der Waals surface area contributed by atoms with Gasteiger partial charge in [0.25, 0.3) is 5.91 Å². The van der Waals surface area contributed by atoms with Crippen molar-refractivity contribution in [2.75, 3.05) is 13.7 Å². The van der Waals surface area contributed by atoms with Crippen LogP contribution in [0.2, 0.25) is 0 Å². The quantitative estimate of drug-likeness (QED) is 0.602. The average Bonchev–Trinajstić information content (AvgIpc) is 3.16. The van der Waals surface area contributed by atoms with Crippen molar-refractivity contribution >= 4 is 28.7 Å². The van der Waals surface area contributed by atoms with Gasteiger partial charge in [-0.15, -0.1) is 0 Å². The molecule has 1 aromatic heterocycles. The number of benzene rings is 2. The molecule has 8 nitrogen and oxygen atoms in total. The zero-order chi connectivity index (χ0) is 19.9. The predicted molar refractivity (Wildman–Crippen MR) is 100 cm³/mol. The van der Waals surface area contributed by atoms with E-state index in [0.717, 1.165) is 5.56 Å². The zero-order valence-corrected chi connectivity index (χ0v) is 15.2. The Balaban J connectivity index is 1.59. The van der Waals surface area contributed by atoms with Gasteiger partial charge >= 0.3 is 11.9 Å². The number of carbonyl (C=O) groups excluding carboxylic acids is 3. The van der Waals surface area contributed by atoms with Gasteiger partial charge in [-0.2, -0.15) is 5.10 Å². The molecule has 2 aromatic carbocycles. The maximum atomic E-state index is 12.2. The van der Waals surface area contributed by atoms with Crippen LogP contribution in [-0.2, 0) is 25.5 Å². The average molecular weight is 381 g/mol. The molecule has 3 aromatic rings. The van der Waals surface area contributed by atoms with Crippen molar-refractivity contribution in [2.24, 2.45) is 0 Å². The van der Waals surface area contributed by atoms with E-state index in [-0.39, 0.29) is 12.1 Å². The number of ether oxygens (including phenoxy) is 2. The number of rotatable bonds is 7. The van der Waals surface area contributed by atoms with Gasteiger partial charge in [-0.05, 0) is 11.6 Å². The fourth-order valence-electron chi connectivity index (χ4n) is 2.74. The van der Waals surface area contributed by atoms with E-state index in [2.05, 4.69) is 15.5 Å². The third-order valence-electron chi connectivity index (χ3n) is 4.10. The van der Waals surface area contributed by atoms with Gasteiger partial charge in [-0.3, -0.25) is 9.89 Å². The molecule has 1 heterocycles. The summed E-state index contributed by atoms with van der Waals surface area (Å²) in [7, 11) is 1.25. The summed E-state index contributed by atoms with van der Waals surface area (Å²) >= 11 is 0. The van der Waals surface area contributed by atoms with Crippen LogP contribution in [0.1, 0.15) is 16.1 Å². The van der Waals surface area contributed by atoms with Crippen LogP contribution in [0, 0.1) is 0 Å². The lowest BCUT2D eigenvalue weighted by atomic mass is 10.1. The van der Waals surface area contributed by atoms with Crippen molar-refractivity contribution in [3.05, 3.63) is 65.9 Å². The molecule has 0 saturated carbocycles. The number of H-pyrrole nitrogens is 1. The van der Waals surface area contributed by atoms with E-state index in [1.54, 1.807) is 18.2 Å². The lowest BCUT2D eigenvalue weighted by Crippen LogP contribution is -2.44. The topological polar surface area (TPSA) is 110 Å². The maximum Gasteiger partial charge on any atom is 0.359 e. The summed E-state index contributed by atoms with van der Waals surface area (Å²) in [5.41, 5.74) is 1.64. The number of carbonyl (C=O) groups is 3. The van der Waals surface area contributed by atoms with Crippen molar-refractivity contribution in [1.82, 2.24) is 15.5 Å². The Kier molecular flexibility index (Phi) is 6.01. The smallest absolute Gasteiger partial charge is 0.359 e. The molecule has 0 aliphatic rings. The van der Waals surface area contributed by atoms with Gasteiger partial charge in [0.15, 0.2) is 12.3 Å². The Bertz CT molecular complexity index is 984. The number of para-hydroxylation sites is 1. The zero-order valence-electron chi connectivity index (χ0n) is 15.2. The number of nitrogens with zero attached hydrogens (tertiary/aromatic N) is 1. The number of hydrogen-bond acceptors (Lipinski definition) is 6. The van der Waals surface area contributed by atoms with Gasteiger partial charge in [-0.25, -0.2) is 9.59 Å². The van der Waals surface area contributed by atoms with Crippen LogP contribution in [0.15, 0.2) is 54.6 Å².